The van der Waals surface area contributed by atoms with E-state index < -0.39 is 0 Å². The molecule has 0 bridgehead atoms. The molecule has 2 saturated carbocycles. The third kappa shape index (κ3) is 0.886. The molecule has 0 aromatic carbocycles. The van der Waals surface area contributed by atoms with E-state index in [0.29, 0.717) is 6.61 Å². The molecule has 2 aliphatic rings. The summed E-state index contributed by atoms with van der Waals surface area (Å²) in [6, 6.07) is 0. The monoisotopic (exact) mass is 168 g/mol. The lowest BCUT2D eigenvalue weighted by molar-refractivity contribution is -0.145. The molecule has 66 valence electrons. The molecule has 0 aliphatic heterocycles. The van der Waals surface area contributed by atoms with E-state index in [1.807, 2.05) is 0 Å². The van der Waals surface area contributed by atoms with E-state index in [1.165, 1.54) is 0 Å². The van der Waals surface area contributed by atoms with Crippen molar-refractivity contribution in [3.63, 3.8) is 0 Å². The molecule has 0 aromatic heterocycles. The predicted molar refractivity (Wildman–Crippen MR) is 41.3 cm³/mol. The Hall–Kier alpha value is -0.860. The van der Waals surface area contributed by atoms with Gasteiger partial charge in [-0.2, -0.15) is 0 Å². The third-order valence-electron chi connectivity index (χ3n) is 3.03. The molecule has 2 rings (SSSR count). The number of hydrogen-bond donors (Lipinski definition) is 0. The van der Waals surface area contributed by atoms with Crippen molar-refractivity contribution in [3.8, 4) is 0 Å². The topological polar surface area (TPSA) is 43.4 Å². The summed E-state index contributed by atoms with van der Waals surface area (Å²) in [7, 11) is 0. The Morgan fingerprint density at radius 1 is 1.67 bits per heavy atom. The first kappa shape index (κ1) is 7.77. The summed E-state index contributed by atoms with van der Waals surface area (Å²) in [4.78, 5) is 21.6. The number of ether oxygens (including phenoxy) is 1. The highest BCUT2D eigenvalue weighted by Crippen LogP contribution is 2.74. The first-order valence-corrected chi connectivity index (χ1v) is 4.36. The number of carbonyl (C=O) groups excluding carboxylic acids is 2. The minimum absolute atomic E-state index is 0.0349. The lowest BCUT2D eigenvalue weighted by atomic mass is 10.2. The SMILES string of the molecule is CCOC(=O)C1C[C@@]12CC2C=O. The maximum Gasteiger partial charge on any atom is 0.309 e. The zero-order valence-corrected chi connectivity index (χ0v) is 7.08. The normalized spacial score (nSPS) is 42.4. The molecule has 0 radical (unpaired) electrons. The molecule has 0 heterocycles. The van der Waals surface area contributed by atoms with Gasteiger partial charge < -0.3 is 9.53 Å². The highest BCUT2D eigenvalue weighted by Gasteiger charge is 2.73. The van der Waals surface area contributed by atoms with Crippen LogP contribution in [0, 0.1) is 17.3 Å². The van der Waals surface area contributed by atoms with Gasteiger partial charge in [0, 0.05) is 5.92 Å². The van der Waals surface area contributed by atoms with Gasteiger partial charge in [-0.1, -0.05) is 0 Å². The van der Waals surface area contributed by atoms with Gasteiger partial charge in [-0.3, -0.25) is 4.79 Å². The quantitative estimate of drug-likeness (QED) is 0.462. The van der Waals surface area contributed by atoms with Crippen molar-refractivity contribution in [1.82, 2.24) is 0 Å². The second kappa shape index (κ2) is 2.31. The maximum atomic E-state index is 11.2. The van der Waals surface area contributed by atoms with Crippen molar-refractivity contribution >= 4 is 12.3 Å². The summed E-state index contributed by atoms with van der Waals surface area (Å²) in [5.41, 5.74) is 0.0635. The van der Waals surface area contributed by atoms with Gasteiger partial charge in [0.15, 0.2) is 0 Å². The van der Waals surface area contributed by atoms with Crippen LogP contribution < -0.4 is 0 Å². The smallest absolute Gasteiger partial charge is 0.309 e. The summed E-state index contributed by atoms with van der Waals surface area (Å²) in [5.74, 6) is 0.0707. The van der Waals surface area contributed by atoms with Crippen LogP contribution in [0.2, 0.25) is 0 Å². The van der Waals surface area contributed by atoms with Crippen LogP contribution >= 0.6 is 0 Å². The molecular formula is C9H12O3. The molecule has 3 nitrogen and oxygen atoms in total. The van der Waals surface area contributed by atoms with Gasteiger partial charge in [-0.15, -0.1) is 0 Å². The minimum atomic E-state index is -0.109. The maximum absolute atomic E-state index is 11.2. The van der Waals surface area contributed by atoms with Crippen molar-refractivity contribution < 1.29 is 14.3 Å². The second-order valence-electron chi connectivity index (χ2n) is 3.69. The van der Waals surface area contributed by atoms with Crippen LogP contribution in [-0.2, 0) is 14.3 Å². The number of carbonyl (C=O) groups is 2. The number of hydrogen-bond acceptors (Lipinski definition) is 3. The van der Waals surface area contributed by atoms with Gasteiger partial charge in [0.25, 0.3) is 0 Å². The molecule has 3 heteroatoms. The molecule has 0 saturated heterocycles. The molecule has 3 atom stereocenters. The zero-order valence-electron chi connectivity index (χ0n) is 7.08. The van der Waals surface area contributed by atoms with Gasteiger partial charge in [0.1, 0.15) is 6.29 Å². The van der Waals surface area contributed by atoms with Crippen LogP contribution in [-0.4, -0.2) is 18.9 Å². The standard InChI is InChI=1S/C9H12O3/c1-2-12-8(11)7-4-9(7)3-6(9)5-10/h5-7H,2-4H2,1H3/t6?,7?,9-/m1/s1. The average molecular weight is 168 g/mol. The van der Waals surface area contributed by atoms with Crippen molar-refractivity contribution in [2.45, 2.75) is 19.8 Å². The van der Waals surface area contributed by atoms with E-state index in [-0.39, 0.29) is 23.2 Å². The van der Waals surface area contributed by atoms with E-state index >= 15 is 0 Å². The molecular weight excluding hydrogens is 156 g/mol. The van der Waals surface area contributed by atoms with Crippen molar-refractivity contribution in [3.05, 3.63) is 0 Å². The Balaban J connectivity index is 1.88. The van der Waals surface area contributed by atoms with Crippen LogP contribution in [0.3, 0.4) is 0 Å². The van der Waals surface area contributed by atoms with Gasteiger partial charge in [0.05, 0.1) is 12.5 Å². The Labute approximate surface area is 71.1 Å². The van der Waals surface area contributed by atoms with E-state index in [9.17, 15) is 9.59 Å². The number of rotatable bonds is 3. The van der Waals surface area contributed by atoms with Gasteiger partial charge in [0.2, 0.25) is 0 Å². The fourth-order valence-corrected chi connectivity index (χ4v) is 2.05. The van der Waals surface area contributed by atoms with Gasteiger partial charge in [-0.25, -0.2) is 0 Å². The van der Waals surface area contributed by atoms with E-state index in [2.05, 4.69) is 0 Å². The van der Waals surface area contributed by atoms with Gasteiger partial charge >= 0.3 is 5.97 Å². The number of esters is 1. The first-order valence-electron chi connectivity index (χ1n) is 4.36. The Morgan fingerprint density at radius 3 is 2.92 bits per heavy atom. The van der Waals surface area contributed by atoms with Crippen LogP contribution in [0.15, 0.2) is 0 Å². The van der Waals surface area contributed by atoms with E-state index in [1.54, 1.807) is 6.92 Å². The Kier molecular flexibility index (Phi) is 1.50. The lowest BCUT2D eigenvalue weighted by Gasteiger charge is -1.98. The Morgan fingerprint density at radius 2 is 2.42 bits per heavy atom. The Bertz CT molecular complexity index is 236. The third-order valence-corrected chi connectivity index (χ3v) is 3.03. The largest absolute Gasteiger partial charge is 0.466 e. The minimum Gasteiger partial charge on any atom is -0.466 e. The summed E-state index contributed by atoms with van der Waals surface area (Å²) >= 11 is 0. The average Bonchev–Trinajstić information content (AvgIpc) is 2.92. The fourth-order valence-electron chi connectivity index (χ4n) is 2.05. The highest BCUT2D eigenvalue weighted by atomic mass is 16.5. The molecule has 2 unspecified atom stereocenters. The molecule has 0 aromatic rings. The molecule has 1 spiro atoms. The first-order chi connectivity index (χ1) is 5.74. The molecule has 0 N–H and O–H groups in total. The molecule has 2 fully saturated rings. The van der Waals surface area contributed by atoms with Crippen LogP contribution in [0.4, 0.5) is 0 Å². The van der Waals surface area contributed by atoms with Crippen molar-refractivity contribution in [2.75, 3.05) is 6.61 Å². The zero-order chi connectivity index (χ0) is 8.77. The molecule has 12 heavy (non-hydrogen) atoms. The summed E-state index contributed by atoms with van der Waals surface area (Å²) < 4.78 is 4.88. The molecule has 2 aliphatic carbocycles. The summed E-state index contributed by atoms with van der Waals surface area (Å²) in [6.45, 7) is 2.24. The number of aldehydes is 1. The fraction of sp³-hybridized carbons (Fsp3) is 0.778. The van der Waals surface area contributed by atoms with Crippen molar-refractivity contribution in [2.24, 2.45) is 17.3 Å². The summed E-state index contributed by atoms with van der Waals surface area (Å²) in [5, 5.41) is 0. The lowest BCUT2D eigenvalue weighted by Crippen LogP contribution is -2.08. The van der Waals surface area contributed by atoms with Crippen LogP contribution in [0.1, 0.15) is 19.8 Å². The van der Waals surface area contributed by atoms with Crippen molar-refractivity contribution in [1.29, 1.82) is 0 Å². The van der Waals surface area contributed by atoms with E-state index in [4.69, 9.17) is 4.74 Å². The van der Waals surface area contributed by atoms with Crippen LogP contribution in [0.25, 0.3) is 0 Å². The second-order valence-corrected chi connectivity index (χ2v) is 3.69. The summed E-state index contributed by atoms with van der Waals surface area (Å²) in [6.07, 6.45) is 2.74. The van der Waals surface area contributed by atoms with E-state index in [0.717, 1.165) is 19.1 Å². The molecule has 0 amide bonds. The predicted octanol–water partition coefficient (Wildman–Crippen LogP) is 0.775. The van der Waals surface area contributed by atoms with Gasteiger partial charge in [-0.05, 0) is 25.2 Å². The highest BCUT2D eigenvalue weighted by molar-refractivity contribution is 5.81. The van der Waals surface area contributed by atoms with Crippen LogP contribution in [0.5, 0.6) is 0 Å².